The molecule has 0 spiro atoms. The van der Waals surface area contributed by atoms with Gasteiger partial charge in [0.1, 0.15) is 0 Å². The first-order valence-corrected chi connectivity index (χ1v) is 6.21. The van der Waals surface area contributed by atoms with E-state index in [1.54, 1.807) is 6.20 Å². The molecule has 0 radical (unpaired) electrons. The van der Waals surface area contributed by atoms with E-state index in [9.17, 15) is 5.11 Å². The molecule has 1 aliphatic rings. The van der Waals surface area contributed by atoms with Gasteiger partial charge in [-0.05, 0) is 12.0 Å². The van der Waals surface area contributed by atoms with Crippen molar-refractivity contribution in [3.05, 3.63) is 42.1 Å². The van der Waals surface area contributed by atoms with Crippen molar-refractivity contribution in [2.75, 3.05) is 13.2 Å². The average molecular weight is 244 g/mol. The van der Waals surface area contributed by atoms with Gasteiger partial charge in [0.05, 0.1) is 24.6 Å². The highest BCUT2D eigenvalue weighted by Crippen LogP contribution is 2.33. The fourth-order valence-corrected chi connectivity index (χ4v) is 2.41. The van der Waals surface area contributed by atoms with Crippen LogP contribution in [0.25, 0.3) is 11.3 Å². The Balaban J connectivity index is 1.91. The second kappa shape index (κ2) is 4.92. The van der Waals surface area contributed by atoms with Crippen LogP contribution in [-0.2, 0) is 4.74 Å². The normalized spacial score (nSPS) is 21.1. The highest BCUT2D eigenvalue weighted by atomic mass is 16.5. The first-order valence-electron chi connectivity index (χ1n) is 6.21. The summed E-state index contributed by atoms with van der Waals surface area (Å²) in [6.07, 6.45) is 2.10. The van der Waals surface area contributed by atoms with Crippen LogP contribution in [0.4, 0.5) is 0 Å². The van der Waals surface area contributed by atoms with E-state index in [4.69, 9.17) is 4.74 Å². The fourth-order valence-electron chi connectivity index (χ4n) is 2.41. The summed E-state index contributed by atoms with van der Waals surface area (Å²) in [5, 5.41) is 17.5. The van der Waals surface area contributed by atoms with Crippen LogP contribution >= 0.6 is 0 Å². The summed E-state index contributed by atoms with van der Waals surface area (Å²) in [6, 6.07) is 9.95. The molecule has 4 heteroatoms. The van der Waals surface area contributed by atoms with Crippen molar-refractivity contribution in [2.45, 2.75) is 12.5 Å². The first kappa shape index (κ1) is 11.4. The Morgan fingerprint density at radius 3 is 2.89 bits per heavy atom. The maximum atomic E-state index is 10.4. The minimum Gasteiger partial charge on any atom is -0.388 e. The molecule has 1 saturated heterocycles. The number of aromatic nitrogens is 2. The standard InChI is InChI=1S/C14H16N2O2/c17-14(11-6-7-18-9-11)12-8-15-16-13(12)10-4-2-1-3-5-10/h1-5,8,11,14,17H,6-7,9H2,(H,15,16). The summed E-state index contributed by atoms with van der Waals surface area (Å²) >= 11 is 0. The van der Waals surface area contributed by atoms with Gasteiger partial charge in [-0.2, -0.15) is 5.10 Å². The van der Waals surface area contributed by atoms with E-state index in [1.807, 2.05) is 30.3 Å². The SMILES string of the molecule is OC(c1cn[nH]c1-c1ccccc1)C1CCOC1. The van der Waals surface area contributed by atoms with Crippen LogP contribution in [0, 0.1) is 5.92 Å². The number of nitrogens with zero attached hydrogens (tertiary/aromatic N) is 1. The lowest BCUT2D eigenvalue weighted by molar-refractivity contribution is 0.0922. The van der Waals surface area contributed by atoms with Crippen LogP contribution in [0.2, 0.25) is 0 Å². The smallest absolute Gasteiger partial charge is 0.0877 e. The Morgan fingerprint density at radius 1 is 1.33 bits per heavy atom. The Morgan fingerprint density at radius 2 is 2.17 bits per heavy atom. The molecule has 0 bridgehead atoms. The number of hydrogen-bond acceptors (Lipinski definition) is 3. The Bertz CT molecular complexity index is 504. The molecule has 1 aromatic heterocycles. The zero-order valence-corrected chi connectivity index (χ0v) is 10.0. The van der Waals surface area contributed by atoms with Gasteiger partial charge in [-0.15, -0.1) is 0 Å². The molecule has 2 aromatic rings. The molecule has 1 aliphatic heterocycles. The third-order valence-corrected chi connectivity index (χ3v) is 3.46. The average Bonchev–Trinajstić information content (AvgIpc) is 3.10. The summed E-state index contributed by atoms with van der Waals surface area (Å²) < 4.78 is 5.33. The number of H-pyrrole nitrogens is 1. The largest absolute Gasteiger partial charge is 0.388 e. The predicted octanol–water partition coefficient (Wildman–Crippen LogP) is 2.15. The van der Waals surface area contributed by atoms with Crippen LogP contribution in [-0.4, -0.2) is 28.5 Å². The Kier molecular flexibility index (Phi) is 3.13. The molecular formula is C14H16N2O2. The van der Waals surface area contributed by atoms with Gasteiger partial charge in [0.15, 0.2) is 0 Å². The van der Waals surface area contributed by atoms with Crippen molar-refractivity contribution in [3.63, 3.8) is 0 Å². The van der Waals surface area contributed by atoms with E-state index in [0.717, 1.165) is 29.8 Å². The number of aliphatic hydroxyl groups excluding tert-OH is 1. The monoisotopic (exact) mass is 244 g/mol. The van der Waals surface area contributed by atoms with Gasteiger partial charge in [-0.1, -0.05) is 30.3 Å². The van der Waals surface area contributed by atoms with Crippen molar-refractivity contribution in [1.82, 2.24) is 10.2 Å². The van der Waals surface area contributed by atoms with Crippen molar-refractivity contribution < 1.29 is 9.84 Å². The zero-order chi connectivity index (χ0) is 12.4. The lowest BCUT2D eigenvalue weighted by Crippen LogP contribution is -2.12. The van der Waals surface area contributed by atoms with E-state index >= 15 is 0 Å². The summed E-state index contributed by atoms with van der Waals surface area (Å²) in [6.45, 7) is 1.36. The molecule has 18 heavy (non-hydrogen) atoms. The van der Waals surface area contributed by atoms with Crippen LogP contribution in [0.1, 0.15) is 18.1 Å². The molecule has 4 nitrogen and oxygen atoms in total. The van der Waals surface area contributed by atoms with E-state index < -0.39 is 6.10 Å². The molecule has 94 valence electrons. The van der Waals surface area contributed by atoms with Crippen molar-refractivity contribution in [1.29, 1.82) is 0 Å². The number of aromatic amines is 1. The predicted molar refractivity (Wildman–Crippen MR) is 67.9 cm³/mol. The molecule has 3 rings (SSSR count). The third-order valence-electron chi connectivity index (χ3n) is 3.46. The molecule has 1 aromatic carbocycles. The van der Waals surface area contributed by atoms with Crippen molar-refractivity contribution in [2.24, 2.45) is 5.92 Å². The molecule has 0 aliphatic carbocycles. The molecule has 2 atom stereocenters. The molecule has 2 N–H and O–H groups in total. The number of rotatable bonds is 3. The highest BCUT2D eigenvalue weighted by molar-refractivity contribution is 5.62. The third kappa shape index (κ3) is 2.05. The summed E-state index contributed by atoms with van der Waals surface area (Å²) in [5.41, 5.74) is 2.80. The highest BCUT2D eigenvalue weighted by Gasteiger charge is 2.28. The maximum absolute atomic E-state index is 10.4. The van der Waals surface area contributed by atoms with Gasteiger partial charge in [0, 0.05) is 18.1 Å². The van der Waals surface area contributed by atoms with Crippen LogP contribution in [0.15, 0.2) is 36.5 Å². The number of aliphatic hydroxyl groups is 1. The number of hydrogen-bond donors (Lipinski definition) is 2. The van der Waals surface area contributed by atoms with E-state index in [1.165, 1.54) is 0 Å². The number of benzene rings is 1. The number of ether oxygens (including phenoxy) is 1. The summed E-state index contributed by atoms with van der Waals surface area (Å²) in [7, 11) is 0. The second-order valence-electron chi connectivity index (χ2n) is 4.63. The topological polar surface area (TPSA) is 58.1 Å². The van der Waals surface area contributed by atoms with Crippen molar-refractivity contribution >= 4 is 0 Å². The van der Waals surface area contributed by atoms with Gasteiger partial charge in [0.25, 0.3) is 0 Å². The van der Waals surface area contributed by atoms with Gasteiger partial charge in [-0.25, -0.2) is 0 Å². The minimum absolute atomic E-state index is 0.171. The van der Waals surface area contributed by atoms with Gasteiger partial charge in [0.2, 0.25) is 0 Å². The maximum Gasteiger partial charge on any atom is 0.0877 e. The Labute approximate surface area is 106 Å². The van der Waals surface area contributed by atoms with Gasteiger partial charge in [-0.3, -0.25) is 5.10 Å². The fraction of sp³-hybridized carbons (Fsp3) is 0.357. The first-order chi connectivity index (χ1) is 8.86. The molecule has 2 heterocycles. The lowest BCUT2D eigenvalue weighted by atomic mass is 9.94. The van der Waals surface area contributed by atoms with Crippen LogP contribution < -0.4 is 0 Å². The molecule has 0 saturated carbocycles. The van der Waals surface area contributed by atoms with E-state index in [-0.39, 0.29) is 5.92 Å². The second-order valence-corrected chi connectivity index (χ2v) is 4.63. The molecule has 2 unspecified atom stereocenters. The number of nitrogens with one attached hydrogen (secondary N) is 1. The van der Waals surface area contributed by atoms with Crippen LogP contribution in [0.5, 0.6) is 0 Å². The molecule has 0 amide bonds. The van der Waals surface area contributed by atoms with E-state index in [0.29, 0.717) is 6.61 Å². The quantitative estimate of drug-likeness (QED) is 0.869. The Hall–Kier alpha value is -1.65. The van der Waals surface area contributed by atoms with Crippen molar-refractivity contribution in [3.8, 4) is 11.3 Å². The summed E-state index contributed by atoms with van der Waals surface area (Å²) in [4.78, 5) is 0. The zero-order valence-electron chi connectivity index (χ0n) is 10.0. The minimum atomic E-state index is -0.513. The van der Waals surface area contributed by atoms with Crippen LogP contribution in [0.3, 0.4) is 0 Å². The molecular weight excluding hydrogens is 228 g/mol. The van der Waals surface area contributed by atoms with E-state index in [2.05, 4.69) is 10.2 Å². The van der Waals surface area contributed by atoms with Gasteiger partial charge < -0.3 is 9.84 Å². The lowest BCUT2D eigenvalue weighted by Gasteiger charge is -2.16. The van der Waals surface area contributed by atoms with Gasteiger partial charge >= 0.3 is 0 Å². The summed E-state index contributed by atoms with van der Waals surface area (Å²) in [5.74, 6) is 0.171. The molecule has 1 fully saturated rings.